The molecule has 0 bridgehead atoms. The summed E-state index contributed by atoms with van der Waals surface area (Å²) in [5.74, 6) is -0.783. The molecule has 1 unspecified atom stereocenters. The zero-order valence-electron chi connectivity index (χ0n) is 12.7. The second-order valence-electron chi connectivity index (χ2n) is 6.53. The van der Waals surface area contributed by atoms with Crippen LogP contribution in [0.4, 0.5) is 0 Å². The standard InChI is InChI=1S/C16H22N2O2S/c1-16(2,3)7-6-12(15(19)20)17-9-11-4-5-14-13(8-11)18-10-21-14/h4-5,8,10,12,17H,6-7,9H2,1-3H3,(H,19,20). The highest BCUT2D eigenvalue weighted by Gasteiger charge is 2.20. The largest absolute Gasteiger partial charge is 0.480 e. The van der Waals surface area contributed by atoms with Crippen LogP contribution in [0.25, 0.3) is 10.2 Å². The van der Waals surface area contributed by atoms with Gasteiger partial charge in [0.25, 0.3) is 0 Å². The first-order valence-corrected chi connectivity index (χ1v) is 8.01. The van der Waals surface area contributed by atoms with E-state index < -0.39 is 12.0 Å². The van der Waals surface area contributed by atoms with E-state index in [1.165, 1.54) is 0 Å². The van der Waals surface area contributed by atoms with Crippen LogP contribution in [-0.4, -0.2) is 22.1 Å². The maximum atomic E-state index is 11.3. The van der Waals surface area contributed by atoms with Crippen molar-refractivity contribution in [3.63, 3.8) is 0 Å². The van der Waals surface area contributed by atoms with E-state index in [9.17, 15) is 9.90 Å². The Balaban J connectivity index is 1.95. The Bertz CT molecular complexity index is 616. The van der Waals surface area contributed by atoms with Crippen LogP contribution >= 0.6 is 11.3 Å². The number of hydrogen-bond donors (Lipinski definition) is 2. The third kappa shape index (κ3) is 4.79. The highest BCUT2D eigenvalue weighted by Crippen LogP contribution is 2.22. The number of carbonyl (C=O) groups is 1. The van der Waals surface area contributed by atoms with Crippen molar-refractivity contribution in [2.45, 2.75) is 46.2 Å². The maximum Gasteiger partial charge on any atom is 0.320 e. The summed E-state index contributed by atoms with van der Waals surface area (Å²) in [6.45, 7) is 6.93. The molecule has 4 nitrogen and oxygen atoms in total. The minimum absolute atomic E-state index is 0.148. The van der Waals surface area contributed by atoms with Gasteiger partial charge in [-0.3, -0.25) is 4.79 Å². The number of aromatic nitrogens is 1. The molecule has 0 amide bonds. The summed E-state index contributed by atoms with van der Waals surface area (Å²) in [6.07, 6.45) is 1.51. The molecule has 0 saturated heterocycles. The Kier molecular flexibility index (Phi) is 4.96. The molecule has 0 saturated carbocycles. The van der Waals surface area contributed by atoms with E-state index in [1.54, 1.807) is 11.3 Å². The number of nitrogens with zero attached hydrogens (tertiary/aromatic N) is 1. The van der Waals surface area contributed by atoms with Gasteiger partial charge in [-0.05, 0) is 36.0 Å². The topological polar surface area (TPSA) is 62.2 Å². The van der Waals surface area contributed by atoms with Crippen molar-refractivity contribution in [3.8, 4) is 0 Å². The van der Waals surface area contributed by atoms with E-state index in [2.05, 4.69) is 31.1 Å². The second kappa shape index (κ2) is 6.54. The fraction of sp³-hybridized carbons (Fsp3) is 0.500. The summed E-state index contributed by atoms with van der Waals surface area (Å²) in [4.78, 5) is 15.6. The van der Waals surface area contributed by atoms with Gasteiger partial charge in [0.2, 0.25) is 0 Å². The first-order chi connectivity index (χ1) is 9.85. The van der Waals surface area contributed by atoms with E-state index in [0.29, 0.717) is 13.0 Å². The lowest BCUT2D eigenvalue weighted by molar-refractivity contribution is -0.139. The number of hydrogen-bond acceptors (Lipinski definition) is 4. The van der Waals surface area contributed by atoms with Gasteiger partial charge in [-0.25, -0.2) is 4.98 Å². The quantitative estimate of drug-likeness (QED) is 0.855. The molecule has 0 aliphatic rings. The van der Waals surface area contributed by atoms with Crippen molar-refractivity contribution in [2.75, 3.05) is 0 Å². The van der Waals surface area contributed by atoms with E-state index in [-0.39, 0.29) is 5.41 Å². The maximum absolute atomic E-state index is 11.3. The van der Waals surface area contributed by atoms with E-state index in [0.717, 1.165) is 22.2 Å². The highest BCUT2D eigenvalue weighted by atomic mass is 32.1. The van der Waals surface area contributed by atoms with Crippen molar-refractivity contribution in [2.24, 2.45) is 5.41 Å². The Labute approximate surface area is 129 Å². The molecule has 114 valence electrons. The van der Waals surface area contributed by atoms with Gasteiger partial charge in [0.15, 0.2) is 0 Å². The van der Waals surface area contributed by atoms with Gasteiger partial charge in [0.1, 0.15) is 6.04 Å². The van der Waals surface area contributed by atoms with E-state index >= 15 is 0 Å². The molecule has 21 heavy (non-hydrogen) atoms. The SMILES string of the molecule is CC(C)(C)CCC(NCc1ccc2scnc2c1)C(=O)O. The number of nitrogens with one attached hydrogen (secondary N) is 1. The molecule has 0 fully saturated rings. The summed E-state index contributed by atoms with van der Waals surface area (Å²) >= 11 is 1.61. The smallest absolute Gasteiger partial charge is 0.320 e. The summed E-state index contributed by atoms with van der Waals surface area (Å²) in [5, 5.41) is 12.5. The summed E-state index contributed by atoms with van der Waals surface area (Å²) in [5.41, 5.74) is 4.01. The van der Waals surface area contributed by atoms with Gasteiger partial charge < -0.3 is 10.4 Å². The summed E-state index contributed by atoms with van der Waals surface area (Å²) in [6, 6.07) is 5.57. The van der Waals surface area contributed by atoms with Crippen LogP contribution in [0.15, 0.2) is 23.7 Å². The molecule has 0 spiro atoms. The fourth-order valence-corrected chi connectivity index (χ4v) is 2.80. The average Bonchev–Trinajstić information content (AvgIpc) is 2.84. The molecule has 1 heterocycles. The van der Waals surface area contributed by atoms with Crippen LogP contribution in [0.2, 0.25) is 0 Å². The minimum atomic E-state index is -0.783. The zero-order valence-corrected chi connectivity index (χ0v) is 13.5. The van der Waals surface area contributed by atoms with Crippen LogP contribution in [-0.2, 0) is 11.3 Å². The lowest BCUT2D eigenvalue weighted by atomic mass is 9.88. The van der Waals surface area contributed by atoms with Crippen molar-refractivity contribution in [3.05, 3.63) is 29.3 Å². The summed E-state index contributed by atoms with van der Waals surface area (Å²) < 4.78 is 1.15. The van der Waals surface area contributed by atoms with Gasteiger partial charge in [-0.2, -0.15) is 0 Å². The monoisotopic (exact) mass is 306 g/mol. The molecule has 0 aliphatic heterocycles. The molecule has 2 N–H and O–H groups in total. The molecule has 5 heteroatoms. The van der Waals surface area contributed by atoms with Crippen LogP contribution in [0.3, 0.4) is 0 Å². The molecule has 1 aromatic carbocycles. The van der Waals surface area contributed by atoms with Crippen molar-refractivity contribution in [1.82, 2.24) is 10.3 Å². The van der Waals surface area contributed by atoms with Crippen LogP contribution in [0, 0.1) is 5.41 Å². The lowest BCUT2D eigenvalue weighted by Crippen LogP contribution is -2.37. The molecule has 2 rings (SSSR count). The number of fused-ring (bicyclic) bond motifs is 1. The van der Waals surface area contributed by atoms with E-state index in [4.69, 9.17) is 0 Å². The number of rotatable bonds is 6. The second-order valence-corrected chi connectivity index (χ2v) is 7.41. The third-order valence-electron chi connectivity index (χ3n) is 3.43. The molecule has 0 radical (unpaired) electrons. The number of thiazole rings is 1. The van der Waals surface area contributed by atoms with Crippen LogP contribution in [0.5, 0.6) is 0 Å². The predicted octanol–water partition coefficient (Wildman–Crippen LogP) is 3.67. The van der Waals surface area contributed by atoms with Crippen LogP contribution < -0.4 is 5.32 Å². The van der Waals surface area contributed by atoms with Gasteiger partial charge in [-0.15, -0.1) is 11.3 Å². The first kappa shape index (κ1) is 15.9. The molecule has 1 aromatic heterocycles. The Morgan fingerprint density at radius 3 is 2.86 bits per heavy atom. The lowest BCUT2D eigenvalue weighted by Gasteiger charge is -2.21. The Hall–Kier alpha value is -1.46. The molecular formula is C16H22N2O2S. The van der Waals surface area contributed by atoms with Crippen molar-refractivity contribution < 1.29 is 9.90 Å². The van der Waals surface area contributed by atoms with Crippen molar-refractivity contribution >= 4 is 27.5 Å². The van der Waals surface area contributed by atoms with Gasteiger partial charge in [0, 0.05) is 6.54 Å². The van der Waals surface area contributed by atoms with E-state index in [1.807, 2.05) is 23.7 Å². The van der Waals surface area contributed by atoms with Gasteiger partial charge in [-0.1, -0.05) is 26.8 Å². The molecule has 0 aliphatic carbocycles. The molecular weight excluding hydrogens is 284 g/mol. The first-order valence-electron chi connectivity index (χ1n) is 7.13. The van der Waals surface area contributed by atoms with Gasteiger partial charge in [0.05, 0.1) is 15.7 Å². The zero-order chi connectivity index (χ0) is 15.5. The van der Waals surface area contributed by atoms with Crippen molar-refractivity contribution in [1.29, 1.82) is 0 Å². The van der Waals surface area contributed by atoms with Crippen LogP contribution in [0.1, 0.15) is 39.2 Å². The number of carboxylic acids is 1. The Morgan fingerprint density at radius 1 is 1.43 bits per heavy atom. The predicted molar refractivity (Wildman–Crippen MR) is 86.6 cm³/mol. The molecule has 1 atom stereocenters. The normalized spacial score (nSPS) is 13.5. The number of aliphatic carboxylic acids is 1. The number of carboxylic acid groups (broad SMARTS) is 1. The van der Waals surface area contributed by atoms with Gasteiger partial charge >= 0.3 is 5.97 Å². The Morgan fingerprint density at radius 2 is 2.19 bits per heavy atom. The minimum Gasteiger partial charge on any atom is -0.480 e. The fourth-order valence-electron chi connectivity index (χ4n) is 2.14. The third-order valence-corrected chi connectivity index (χ3v) is 4.24. The summed E-state index contributed by atoms with van der Waals surface area (Å²) in [7, 11) is 0. The highest BCUT2D eigenvalue weighted by molar-refractivity contribution is 7.16. The molecule has 2 aromatic rings. The number of benzene rings is 1. The average molecular weight is 306 g/mol.